The van der Waals surface area contributed by atoms with Crippen molar-refractivity contribution in [3.05, 3.63) is 71.9 Å². The Bertz CT molecular complexity index is 701. The van der Waals surface area contributed by atoms with E-state index in [-0.39, 0.29) is 5.91 Å². The molecule has 0 aliphatic heterocycles. The summed E-state index contributed by atoms with van der Waals surface area (Å²) in [6.07, 6.45) is 0.869. The molecular formula is C17H17N3O. The van der Waals surface area contributed by atoms with E-state index in [9.17, 15) is 4.79 Å². The maximum atomic E-state index is 12.0. The maximum absolute atomic E-state index is 12.0. The summed E-state index contributed by atoms with van der Waals surface area (Å²) >= 11 is 0. The number of H-pyrrole nitrogens is 1. The van der Waals surface area contributed by atoms with Gasteiger partial charge >= 0.3 is 0 Å². The van der Waals surface area contributed by atoms with Crippen molar-refractivity contribution in [2.45, 2.75) is 6.42 Å². The van der Waals surface area contributed by atoms with E-state index in [1.165, 1.54) is 5.56 Å². The zero-order chi connectivity index (χ0) is 14.5. The van der Waals surface area contributed by atoms with Crippen LogP contribution in [0, 0.1) is 0 Å². The number of hydrazine groups is 1. The number of carbonyl (C=O) groups is 1. The van der Waals surface area contributed by atoms with Crippen LogP contribution < -0.4 is 10.9 Å². The molecular weight excluding hydrogens is 262 g/mol. The highest BCUT2D eigenvalue weighted by molar-refractivity contribution is 5.97. The van der Waals surface area contributed by atoms with E-state index in [1.807, 2.05) is 48.5 Å². The zero-order valence-electron chi connectivity index (χ0n) is 11.6. The van der Waals surface area contributed by atoms with Crippen molar-refractivity contribution >= 4 is 16.8 Å². The van der Waals surface area contributed by atoms with Crippen molar-refractivity contribution in [2.24, 2.45) is 0 Å². The second-order valence-electron chi connectivity index (χ2n) is 4.89. The molecule has 106 valence electrons. The molecule has 0 spiro atoms. The molecule has 0 saturated carbocycles. The number of amides is 1. The van der Waals surface area contributed by atoms with Gasteiger partial charge in [0.2, 0.25) is 0 Å². The lowest BCUT2D eigenvalue weighted by Crippen LogP contribution is -2.38. The van der Waals surface area contributed by atoms with Crippen LogP contribution in [0.2, 0.25) is 0 Å². The molecule has 1 aromatic heterocycles. The fraction of sp³-hybridized carbons (Fsp3) is 0.118. The fourth-order valence-corrected chi connectivity index (χ4v) is 2.26. The highest BCUT2D eigenvalue weighted by Crippen LogP contribution is 2.14. The predicted octanol–water partition coefficient (Wildman–Crippen LogP) is 2.65. The van der Waals surface area contributed by atoms with Crippen LogP contribution in [0.4, 0.5) is 0 Å². The SMILES string of the molecule is O=C(NNCCc1ccccc1)c1cc2ccccc2[nH]1. The first-order valence-corrected chi connectivity index (χ1v) is 6.98. The third-order valence-corrected chi connectivity index (χ3v) is 3.36. The van der Waals surface area contributed by atoms with Gasteiger partial charge in [0, 0.05) is 17.4 Å². The summed E-state index contributed by atoms with van der Waals surface area (Å²) < 4.78 is 0. The highest BCUT2D eigenvalue weighted by atomic mass is 16.2. The van der Waals surface area contributed by atoms with Crippen molar-refractivity contribution in [3.63, 3.8) is 0 Å². The smallest absolute Gasteiger partial charge is 0.281 e. The third-order valence-electron chi connectivity index (χ3n) is 3.36. The second-order valence-corrected chi connectivity index (χ2v) is 4.89. The Morgan fingerprint density at radius 1 is 1.00 bits per heavy atom. The van der Waals surface area contributed by atoms with Crippen molar-refractivity contribution in [1.29, 1.82) is 0 Å². The monoisotopic (exact) mass is 279 g/mol. The first kappa shape index (κ1) is 13.4. The van der Waals surface area contributed by atoms with Crippen molar-refractivity contribution in [1.82, 2.24) is 15.8 Å². The van der Waals surface area contributed by atoms with Gasteiger partial charge in [-0.1, -0.05) is 48.5 Å². The summed E-state index contributed by atoms with van der Waals surface area (Å²) in [5.74, 6) is -0.153. The minimum absolute atomic E-state index is 0.153. The number of carbonyl (C=O) groups excluding carboxylic acids is 1. The Kier molecular flexibility index (Phi) is 3.98. The molecule has 3 aromatic rings. The van der Waals surface area contributed by atoms with E-state index < -0.39 is 0 Å². The first-order valence-electron chi connectivity index (χ1n) is 6.98. The lowest BCUT2D eigenvalue weighted by molar-refractivity contribution is 0.0929. The number of para-hydroxylation sites is 1. The molecule has 4 nitrogen and oxygen atoms in total. The van der Waals surface area contributed by atoms with Crippen LogP contribution >= 0.6 is 0 Å². The number of nitrogens with one attached hydrogen (secondary N) is 3. The van der Waals surface area contributed by atoms with E-state index in [0.717, 1.165) is 17.3 Å². The summed E-state index contributed by atoms with van der Waals surface area (Å²) in [4.78, 5) is 15.1. The number of benzene rings is 2. The summed E-state index contributed by atoms with van der Waals surface area (Å²) in [7, 11) is 0. The van der Waals surface area contributed by atoms with Crippen molar-refractivity contribution in [3.8, 4) is 0 Å². The van der Waals surface area contributed by atoms with Gasteiger partial charge in [-0.3, -0.25) is 10.2 Å². The largest absolute Gasteiger partial charge is 0.350 e. The fourth-order valence-electron chi connectivity index (χ4n) is 2.26. The standard InChI is InChI=1S/C17H17N3O/c21-17(16-12-14-8-4-5-9-15(14)19-16)20-18-11-10-13-6-2-1-3-7-13/h1-9,12,18-19H,10-11H2,(H,20,21). The van der Waals surface area contributed by atoms with E-state index in [2.05, 4.69) is 28.0 Å². The Morgan fingerprint density at radius 3 is 2.57 bits per heavy atom. The quantitative estimate of drug-likeness (QED) is 0.497. The lowest BCUT2D eigenvalue weighted by atomic mass is 10.2. The molecule has 21 heavy (non-hydrogen) atoms. The summed E-state index contributed by atoms with van der Waals surface area (Å²) in [6, 6.07) is 19.8. The topological polar surface area (TPSA) is 56.9 Å². The van der Waals surface area contributed by atoms with Crippen LogP contribution in [0.25, 0.3) is 10.9 Å². The van der Waals surface area contributed by atoms with Crippen molar-refractivity contribution in [2.75, 3.05) is 6.54 Å². The van der Waals surface area contributed by atoms with E-state index >= 15 is 0 Å². The molecule has 0 bridgehead atoms. The molecule has 2 aromatic carbocycles. The van der Waals surface area contributed by atoms with Gasteiger partial charge in [0.25, 0.3) is 5.91 Å². The van der Waals surface area contributed by atoms with Crippen LogP contribution in [0.3, 0.4) is 0 Å². The van der Waals surface area contributed by atoms with E-state index in [1.54, 1.807) is 0 Å². The van der Waals surface area contributed by atoms with Crippen LogP contribution in [0.15, 0.2) is 60.7 Å². The molecule has 0 unspecified atom stereocenters. The van der Waals surface area contributed by atoms with E-state index in [0.29, 0.717) is 12.2 Å². The molecule has 0 fully saturated rings. The van der Waals surface area contributed by atoms with Gasteiger partial charge < -0.3 is 4.98 Å². The second kappa shape index (κ2) is 6.24. The molecule has 3 rings (SSSR count). The third kappa shape index (κ3) is 3.30. The minimum atomic E-state index is -0.153. The summed E-state index contributed by atoms with van der Waals surface area (Å²) in [6.45, 7) is 0.690. The molecule has 1 heterocycles. The molecule has 0 aliphatic rings. The van der Waals surface area contributed by atoms with Gasteiger partial charge in [0.1, 0.15) is 5.69 Å². The lowest BCUT2D eigenvalue weighted by Gasteiger charge is -2.06. The van der Waals surface area contributed by atoms with Crippen LogP contribution in [-0.4, -0.2) is 17.4 Å². The van der Waals surface area contributed by atoms with Gasteiger partial charge in [-0.2, -0.15) is 0 Å². The van der Waals surface area contributed by atoms with Crippen LogP contribution in [0.1, 0.15) is 16.1 Å². The molecule has 3 N–H and O–H groups in total. The van der Waals surface area contributed by atoms with Gasteiger partial charge in [0.15, 0.2) is 0 Å². The van der Waals surface area contributed by atoms with Crippen LogP contribution in [0.5, 0.6) is 0 Å². The number of fused-ring (bicyclic) bond motifs is 1. The summed E-state index contributed by atoms with van der Waals surface area (Å²) in [5, 5.41) is 1.03. The Hall–Kier alpha value is -2.59. The number of rotatable bonds is 5. The molecule has 0 aliphatic carbocycles. The minimum Gasteiger partial charge on any atom is -0.350 e. The van der Waals surface area contributed by atoms with E-state index in [4.69, 9.17) is 0 Å². The molecule has 0 atom stereocenters. The van der Waals surface area contributed by atoms with Gasteiger partial charge in [-0.25, -0.2) is 5.43 Å². The number of aromatic nitrogens is 1. The number of hydrogen-bond acceptors (Lipinski definition) is 2. The Balaban J connectivity index is 1.52. The maximum Gasteiger partial charge on any atom is 0.281 e. The van der Waals surface area contributed by atoms with Gasteiger partial charge in [-0.05, 0) is 24.1 Å². The summed E-state index contributed by atoms with van der Waals surface area (Å²) in [5.41, 5.74) is 8.43. The number of hydrogen-bond donors (Lipinski definition) is 3. The number of aromatic amines is 1. The first-order chi connectivity index (χ1) is 10.3. The average Bonchev–Trinajstić information content (AvgIpc) is 2.96. The predicted molar refractivity (Wildman–Crippen MR) is 83.9 cm³/mol. The van der Waals surface area contributed by atoms with Crippen LogP contribution in [-0.2, 0) is 6.42 Å². The van der Waals surface area contributed by atoms with Gasteiger partial charge in [-0.15, -0.1) is 0 Å². The van der Waals surface area contributed by atoms with Gasteiger partial charge in [0.05, 0.1) is 0 Å². The highest BCUT2D eigenvalue weighted by Gasteiger charge is 2.08. The molecule has 0 saturated heterocycles. The molecule has 1 amide bonds. The zero-order valence-corrected chi connectivity index (χ0v) is 11.6. The van der Waals surface area contributed by atoms with Crippen molar-refractivity contribution < 1.29 is 4.79 Å². The normalized spacial score (nSPS) is 10.7. The Morgan fingerprint density at radius 2 is 1.76 bits per heavy atom. The Labute approximate surface area is 123 Å². The molecule has 0 radical (unpaired) electrons. The molecule has 4 heteroatoms. The average molecular weight is 279 g/mol.